The molecule has 0 aliphatic heterocycles. The summed E-state index contributed by atoms with van der Waals surface area (Å²) >= 11 is 0. The second-order valence-electron chi connectivity index (χ2n) is 6.59. The van der Waals surface area contributed by atoms with Gasteiger partial charge in [0.05, 0.1) is 6.54 Å². The van der Waals surface area contributed by atoms with E-state index < -0.39 is 29.9 Å². The van der Waals surface area contributed by atoms with E-state index in [9.17, 15) is 19.2 Å². The second kappa shape index (κ2) is 11.5. The molecule has 3 N–H and O–H groups in total. The maximum Gasteiger partial charge on any atom is 0.329 e. The summed E-state index contributed by atoms with van der Waals surface area (Å²) in [6.45, 7) is 2.16. The van der Waals surface area contributed by atoms with E-state index in [0.717, 1.165) is 5.56 Å². The minimum absolute atomic E-state index is 0.0155. The molecule has 2 rings (SSSR count). The van der Waals surface area contributed by atoms with Crippen molar-refractivity contribution in [1.82, 2.24) is 5.32 Å². The number of carbonyl (C=O) groups excluding carboxylic acids is 4. The van der Waals surface area contributed by atoms with Gasteiger partial charge < -0.3 is 25.3 Å². The van der Waals surface area contributed by atoms with Crippen molar-refractivity contribution in [2.24, 2.45) is 5.73 Å². The van der Waals surface area contributed by atoms with E-state index in [1.165, 1.54) is 26.0 Å². The van der Waals surface area contributed by atoms with Crippen molar-refractivity contribution in [2.75, 3.05) is 6.54 Å². The molecule has 1 amide bonds. The third-order valence-corrected chi connectivity index (χ3v) is 3.98. The van der Waals surface area contributed by atoms with Crippen LogP contribution in [0.25, 0.3) is 0 Å². The number of hydrogen-bond donors (Lipinski definition) is 2. The molecule has 0 spiro atoms. The van der Waals surface area contributed by atoms with E-state index in [0.29, 0.717) is 5.56 Å². The smallest absolute Gasteiger partial charge is 0.329 e. The first-order chi connectivity index (χ1) is 14.8. The summed E-state index contributed by atoms with van der Waals surface area (Å²) in [6, 6.07) is 12.5. The molecule has 0 heterocycles. The number of nitrogens with two attached hydrogens (primary N) is 1. The SMILES string of the molecule is CC(=O)Oc1ccc(C[C@H](NC(=O)CN)C(=O)OCc2ccccc2)cc1OC(C)=O. The summed E-state index contributed by atoms with van der Waals surface area (Å²) in [6.07, 6.45) is 0.0357. The average molecular weight is 428 g/mol. The third-order valence-electron chi connectivity index (χ3n) is 3.98. The molecule has 9 nitrogen and oxygen atoms in total. The normalized spacial score (nSPS) is 11.2. The topological polar surface area (TPSA) is 134 Å². The Labute approximate surface area is 179 Å². The summed E-state index contributed by atoms with van der Waals surface area (Å²) in [7, 11) is 0. The number of ether oxygens (including phenoxy) is 3. The van der Waals surface area contributed by atoms with Crippen molar-refractivity contribution in [1.29, 1.82) is 0 Å². The van der Waals surface area contributed by atoms with Crippen molar-refractivity contribution < 1.29 is 33.4 Å². The molecule has 31 heavy (non-hydrogen) atoms. The minimum atomic E-state index is -1.02. The van der Waals surface area contributed by atoms with Crippen molar-refractivity contribution in [2.45, 2.75) is 32.9 Å². The quantitative estimate of drug-likeness (QED) is 0.450. The van der Waals surface area contributed by atoms with Gasteiger partial charge in [-0.15, -0.1) is 0 Å². The Morgan fingerprint density at radius 3 is 2.16 bits per heavy atom. The summed E-state index contributed by atoms with van der Waals surface area (Å²) < 4.78 is 15.5. The lowest BCUT2D eigenvalue weighted by Crippen LogP contribution is -2.45. The molecule has 2 aromatic carbocycles. The first kappa shape index (κ1) is 23.6. The fourth-order valence-corrected chi connectivity index (χ4v) is 2.66. The van der Waals surface area contributed by atoms with Crippen molar-refractivity contribution in [3.8, 4) is 11.5 Å². The van der Waals surface area contributed by atoms with Gasteiger partial charge in [0.2, 0.25) is 5.91 Å². The molecular weight excluding hydrogens is 404 g/mol. The molecule has 0 saturated carbocycles. The highest BCUT2D eigenvalue weighted by atomic mass is 16.6. The number of nitrogens with one attached hydrogen (secondary N) is 1. The number of amides is 1. The zero-order valence-electron chi connectivity index (χ0n) is 17.3. The van der Waals surface area contributed by atoms with Crippen LogP contribution in [-0.4, -0.2) is 36.4 Å². The lowest BCUT2D eigenvalue weighted by atomic mass is 10.0. The lowest BCUT2D eigenvalue weighted by molar-refractivity contribution is -0.149. The Morgan fingerprint density at radius 1 is 0.903 bits per heavy atom. The molecule has 0 aromatic heterocycles. The summed E-state index contributed by atoms with van der Waals surface area (Å²) in [5, 5.41) is 2.53. The Kier molecular flexibility index (Phi) is 8.71. The molecule has 2 aromatic rings. The lowest BCUT2D eigenvalue weighted by Gasteiger charge is -2.18. The van der Waals surface area contributed by atoms with Crippen LogP contribution >= 0.6 is 0 Å². The van der Waals surface area contributed by atoms with E-state index in [1.54, 1.807) is 18.2 Å². The maximum atomic E-state index is 12.6. The molecule has 0 aliphatic carbocycles. The number of rotatable bonds is 9. The third kappa shape index (κ3) is 7.90. The van der Waals surface area contributed by atoms with Gasteiger partial charge in [-0.05, 0) is 23.3 Å². The summed E-state index contributed by atoms with van der Waals surface area (Å²) in [5.41, 5.74) is 6.68. The zero-order chi connectivity index (χ0) is 22.8. The number of hydrogen-bond acceptors (Lipinski definition) is 8. The van der Waals surface area contributed by atoms with Crippen LogP contribution in [0.1, 0.15) is 25.0 Å². The van der Waals surface area contributed by atoms with Crippen molar-refractivity contribution in [3.63, 3.8) is 0 Å². The van der Waals surface area contributed by atoms with Gasteiger partial charge in [-0.25, -0.2) is 4.79 Å². The number of esters is 3. The highest BCUT2D eigenvalue weighted by molar-refractivity contribution is 5.85. The number of benzene rings is 2. The highest BCUT2D eigenvalue weighted by Gasteiger charge is 2.23. The van der Waals surface area contributed by atoms with Gasteiger partial charge in [-0.1, -0.05) is 36.4 Å². The predicted molar refractivity (Wildman–Crippen MR) is 110 cm³/mol. The fraction of sp³-hybridized carbons (Fsp3) is 0.273. The van der Waals surface area contributed by atoms with Gasteiger partial charge in [0.1, 0.15) is 12.6 Å². The van der Waals surface area contributed by atoms with E-state index in [4.69, 9.17) is 19.9 Å². The molecular formula is C22H24N2O7. The Bertz CT molecular complexity index is 944. The van der Waals surface area contributed by atoms with E-state index in [1.807, 2.05) is 18.2 Å². The largest absolute Gasteiger partial charge is 0.459 e. The predicted octanol–water partition coefficient (Wildman–Crippen LogP) is 1.27. The summed E-state index contributed by atoms with van der Waals surface area (Å²) in [4.78, 5) is 47.1. The van der Waals surface area contributed by atoms with Crippen LogP contribution < -0.4 is 20.5 Å². The zero-order valence-corrected chi connectivity index (χ0v) is 17.3. The van der Waals surface area contributed by atoms with Crippen LogP contribution in [0.15, 0.2) is 48.5 Å². The Balaban J connectivity index is 2.20. The van der Waals surface area contributed by atoms with Crippen LogP contribution in [0.2, 0.25) is 0 Å². The van der Waals surface area contributed by atoms with Crippen LogP contribution in [0.5, 0.6) is 11.5 Å². The van der Waals surface area contributed by atoms with Gasteiger partial charge in [0.25, 0.3) is 0 Å². The fourth-order valence-electron chi connectivity index (χ4n) is 2.66. The van der Waals surface area contributed by atoms with Crippen molar-refractivity contribution in [3.05, 3.63) is 59.7 Å². The van der Waals surface area contributed by atoms with Crippen LogP contribution in [0.4, 0.5) is 0 Å². The molecule has 0 fully saturated rings. The molecule has 0 bridgehead atoms. The van der Waals surface area contributed by atoms with E-state index >= 15 is 0 Å². The van der Waals surface area contributed by atoms with Gasteiger partial charge in [0, 0.05) is 20.3 Å². The summed E-state index contributed by atoms with van der Waals surface area (Å²) in [5.74, 6) is -2.30. The van der Waals surface area contributed by atoms with Gasteiger partial charge in [-0.3, -0.25) is 14.4 Å². The molecule has 0 unspecified atom stereocenters. The van der Waals surface area contributed by atoms with Gasteiger partial charge >= 0.3 is 17.9 Å². The molecule has 1 atom stereocenters. The average Bonchev–Trinajstić information content (AvgIpc) is 2.73. The van der Waals surface area contributed by atoms with Gasteiger partial charge in [-0.2, -0.15) is 0 Å². The Hall–Kier alpha value is -3.72. The molecule has 0 saturated heterocycles. The standard InChI is InChI=1S/C22H24N2O7/c1-14(25)30-19-9-8-17(11-20(19)31-15(2)26)10-18(24-21(27)12-23)22(28)29-13-16-6-4-3-5-7-16/h3-9,11,18H,10,12-13,23H2,1-2H3,(H,24,27)/t18-/m0/s1. The maximum absolute atomic E-state index is 12.6. The first-order valence-electron chi connectivity index (χ1n) is 9.48. The van der Waals surface area contributed by atoms with Crippen molar-refractivity contribution >= 4 is 23.8 Å². The number of carbonyl (C=O) groups is 4. The van der Waals surface area contributed by atoms with Crippen LogP contribution in [0.3, 0.4) is 0 Å². The van der Waals surface area contributed by atoms with E-state index in [2.05, 4.69) is 5.32 Å². The van der Waals surface area contributed by atoms with Gasteiger partial charge in [0.15, 0.2) is 11.5 Å². The molecule has 9 heteroatoms. The molecule has 0 aliphatic rings. The van der Waals surface area contributed by atoms with Crippen LogP contribution in [-0.2, 0) is 36.9 Å². The van der Waals surface area contributed by atoms with E-state index in [-0.39, 0.29) is 31.1 Å². The monoisotopic (exact) mass is 428 g/mol. The Morgan fingerprint density at radius 2 is 1.55 bits per heavy atom. The first-order valence-corrected chi connectivity index (χ1v) is 9.48. The van der Waals surface area contributed by atoms with Crippen LogP contribution in [0, 0.1) is 0 Å². The minimum Gasteiger partial charge on any atom is -0.459 e. The molecule has 164 valence electrons. The second-order valence-corrected chi connectivity index (χ2v) is 6.59. The highest BCUT2D eigenvalue weighted by Crippen LogP contribution is 2.29. The molecule has 0 radical (unpaired) electrons.